The Bertz CT molecular complexity index is 652. The molecule has 2 aromatic heterocycles. The molecule has 15 heavy (non-hydrogen) atoms. The molecule has 0 aliphatic heterocycles. The minimum atomic E-state index is 1.10. The molecule has 0 bridgehead atoms. The van der Waals surface area contributed by atoms with Gasteiger partial charge in [-0.05, 0) is 17.7 Å². The van der Waals surface area contributed by atoms with Gasteiger partial charge in [-0.25, -0.2) is 4.98 Å². The maximum Gasteiger partial charge on any atom is 0.124 e. The van der Waals surface area contributed by atoms with Gasteiger partial charge >= 0.3 is 0 Å². The molecule has 3 rings (SSSR count). The van der Waals surface area contributed by atoms with Crippen molar-refractivity contribution in [1.29, 1.82) is 0 Å². The summed E-state index contributed by atoms with van der Waals surface area (Å²) in [5.74, 6) is 0. The van der Waals surface area contributed by atoms with E-state index in [1.807, 2.05) is 18.3 Å². The molecule has 2 heteroatoms. The van der Waals surface area contributed by atoms with E-state index < -0.39 is 0 Å². The van der Waals surface area contributed by atoms with Crippen LogP contribution in [0.4, 0.5) is 0 Å². The molecule has 0 N–H and O–H groups in total. The van der Waals surface area contributed by atoms with Gasteiger partial charge < -0.3 is 0 Å². The first kappa shape index (κ1) is 8.62. The van der Waals surface area contributed by atoms with Crippen LogP contribution in [0, 0.1) is 0 Å². The second-order valence-corrected chi connectivity index (χ2v) is 4.39. The summed E-state index contributed by atoms with van der Waals surface area (Å²) in [5.41, 5.74) is 1.19. The van der Waals surface area contributed by atoms with Gasteiger partial charge in [0.2, 0.25) is 0 Å². The molecule has 0 saturated carbocycles. The lowest BCUT2D eigenvalue weighted by molar-refractivity contribution is 1.45. The van der Waals surface area contributed by atoms with E-state index in [2.05, 4.69) is 35.8 Å². The number of fused-ring (bicyclic) bond motifs is 3. The second kappa shape index (κ2) is 3.17. The predicted molar refractivity (Wildman–Crippen MR) is 67.2 cm³/mol. The average Bonchev–Trinajstić information content (AvgIpc) is 2.67. The quantitative estimate of drug-likeness (QED) is 0.590. The summed E-state index contributed by atoms with van der Waals surface area (Å²) in [6, 6.07) is 10.4. The molecule has 0 atom stereocenters. The summed E-state index contributed by atoms with van der Waals surface area (Å²) in [7, 11) is 0. The van der Waals surface area contributed by atoms with Crippen molar-refractivity contribution in [3.8, 4) is 0 Å². The molecule has 1 aromatic carbocycles. The third-order valence-electron chi connectivity index (χ3n) is 2.53. The summed E-state index contributed by atoms with van der Waals surface area (Å²) in [4.78, 5) is 5.48. The van der Waals surface area contributed by atoms with E-state index in [1.165, 1.54) is 21.0 Å². The lowest BCUT2D eigenvalue weighted by Gasteiger charge is -1.94. The van der Waals surface area contributed by atoms with Crippen molar-refractivity contribution in [2.75, 3.05) is 0 Å². The molecule has 0 aliphatic rings. The first-order valence-corrected chi connectivity index (χ1v) is 5.60. The van der Waals surface area contributed by atoms with Crippen LogP contribution in [0.1, 0.15) is 5.56 Å². The van der Waals surface area contributed by atoms with Gasteiger partial charge in [0.25, 0.3) is 0 Å². The van der Waals surface area contributed by atoms with E-state index in [0.29, 0.717) is 0 Å². The Hall–Kier alpha value is -1.67. The third-order valence-corrected chi connectivity index (χ3v) is 3.70. The monoisotopic (exact) mass is 211 g/mol. The first-order chi connectivity index (χ1) is 7.40. The van der Waals surface area contributed by atoms with Crippen molar-refractivity contribution in [1.82, 2.24) is 4.98 Å². The molecule has 1 nitrogen and oxygen atoms in total. The predicted octanol–water partition coefficient (Wildman–Crippen LogP) is 4.09. The highest BCUT2D eigenvalue weighted by molar-refractivity contribution is 7.25. The Morgan fingerprint density at radius 2 is 2.00 bits per heavy atom. The SMILES string of the molecule is C=Cc1cccc2c1sc1ncccc12. The van der Waals surface area contributed by atoms with E-state index >= 15 is 0 Å². The van der Waals surface area contributed by atoms with E-state index in [9.17, 15) is 0 Å². The largest absolute Gasteiger partial charge is 0.245 e. The number of thiophene rings is 1. The van der Waals surface area contributed by atoms with Gasteiger partial charge in [0.05, 0.1) is 0 Å². The topological polar surface area (TPSA) is 12.9 Å². The maximum atomic E-state index is 4.38. The fourth-order valence-corrected chi connectivity index (χ4v) is 2.97. The van der Waals surface area contributed by atoms with Crippen molar-refractivity contribution in [3.05, 3.63) is 48.7 Å². The average molecular weight is 211 g/mol. The zero-order valence-electron chi connectivity index (χ0n) is 8.10. The second-order valence-electron chi connectivity index (χ2n) is 3.39. The van der Waals surface area contributed by atoms with E-state index in [-0.39, 0.29) is 0 Å². The van der Waals surface area contributed by atoms with Crippen LogP contribution in [0.3, 0.4) is 0 Å². The summed E-state index contributed by atoms with van der Waals surface area (Å²) in [6.07, 6.45) is 3.74. The van der Waals surface area contributed by atoms with Gasteiger partial charge in [0.15, 0.2) is 0 Å². The number of nitrogens with zero attached hydrogens (tertiary/aromatic N) is 1. The van der Waals surface area contributed by atoms with Crippen LogP contribution in [-0.4, -0.2) is 4.98 Å². The lowest BCUT2D eigenvalue weighted by Crippen LogP contribution is -1.71. The van der Waals surface area contributed by atoms with Gasteiger partial charge in [-0.15, -0.1) is 11.3 Å². The van der Waals surface area contributed by atoms with E-state index in [1.54, 1.807) is 11.3 Å². The number of rotatable bonds is 1. The minimum absolute atomic E-state index is 1.10. The van der Waals surface area contributed by atoms with Gasteiger partial charge in [0, 0.05) is 21.7 Å². The summed E-state index contributed by atoms with van der Waals surface area (Å²) >= 11 is 1.73. The Morgan fingerprint density at radius 3 is 2.87 bits per heavy atom. The number of hydrogen-bond acceptors (Lipinski definition) is 2. The van der Waals surface area contributed by atoms with Gasteiger partial charge in [-0.3, -0.25) is 0 Å². The fourth-order valence-electron chi connectivity index (χ4n) is 1.82. The highest BCUT2D eigenvalue weighted by atomic mass is 32.1. The normalized spacial score (nSPS) is 10.9. The smallest absolute Gasteiger partial charge is 0.124 e. The standard InChI is InChI=1S/C13H9NS/c1-2-9-5-3-6-10-11-7-4-8-14-13(11)15-12(9)10/h2-8H,1H2. The molecule has 0 unspecified atom stereocenters. The maximum absolute atomic E-state index is 4.38. The number of pyridine rings is 1. The zero-order chi connectivity index (χ0) is 10.3. The first-order valence-electron chi connectivity index (χ1n) is 4.79. The molecule has 0 amide bonds. The van der Waals surface area contributed by atoms with Gasteiger partial charge in [0.1, 0.15) is 4.83 Å². The summed E-state index contributed by atoms with van der Waals surface area (Å²) < 4.78 is 1.28. The van der Waals surface area contributed by atoms with Crippen LogP contribution < -0.4 is 0 Å². The van der Waals surface area contributed by atoms with Crippen molar-refractivity contribution in [2.24, 2.45) is 0 Å². The van der Waals surface area contributed by atoms with Crippen molar-refractivity contribution in [2.45, 2.75) is 0 Å². The lowest BCUT2D eigenvalue weighted by atomic mass is 10.1. The third kappa shape index (κ3) is 1.18. The Kier molecular flexibility index (Phi) is 1.82. The van der Waals surface area contributed by atoms with Gasteiger partial charge in [-0.2, -0.15) is 0 Å². The van der Waals surface area contributed by atoms with Crippen molar-refractivity contribution in [3.63, 3.8) is 0 Å². The number of benzene rings is 1. The van der Waals surface area contributed by atoms with Crippen molar-refractivity contribution < 1.29 is 0 Å². The Labute approximate surface area is 91.7 Å². The molecular weight excluding hydrogens is 202 g/mol. The summed E-state index contributed by atoms with van der Waals surface area (Å²) in [5, 5.41) is 2.52. The van der Waals surface area contributed by atoms with Crippen LogP contribution >= 0.6 is 11.3 Å². The minimum Gasteiger partial charge on any atom is -0.245 e. The van der Waals surface area contributed by atoms with Gasteiger partial charge in [-0.1, -0.05) is 30.9 Å². The molecule has 3 aromatic rings. The van der Waals surface area contributed by atoms with Crippen molar-refractivity contribution >= 4 is 37.7 Å². The van der Waals surface area contributed by atoms with E-state index in [4.69, 9.17) is 0 Å². The molecule has 0 aliphatic carbocycles. The molecular formula is C13H9NS. The highest BCUT2D eigenvalue weighted by Crippen LogP contribution is 2.34. The molecule has 0 radical (unpaired) electrons. The molecule has 0 fully saturated rings. The fraction of sp³-hybridized carbons (Fsp3) is 0. The van der Waals surface area contributed by atoms with Crippen LogP contribution in [-0.2, 0) is 0 Å². The number of aromatic nitrogens is 1. The van der Waals surface area contributed by atoms with Crippen LogP contribution in [0.15, 0.2) is 43.1 Å². The molecule has 0 spiro atoms. The number of hydrogen-bond donors (Lipinski definition) is 0. The molecule has 0 saturated heterocycles. The Morgan fingerprint density at radius 1 is 1.13 bits per heavy atom. The Balaban J connectivity index is 2.59. The van der Waals surface area contributed by atoms with Crippen LogP contribution in [0.2, 0.25) is 0 Å². The highest BCUT2D eigenvalue weighted by Gasteiger charge is 2.06. The summed E-state index contributed by atoms with van der Waals surface area (Å²) in [6.45, 7) is 3.84. The molecule has 2 heterocycles. The molecule has 72 valence electrons. The van der Waals surface area contributed by atoms with Crippen LogP contribution in [0.25, 0.3) is 26.4 Å². The van der Waals surface area contributed by atoms with Crippen LogP contribution in [0.5, 0.6) is 0 Å². The zero-order valence-corrected chi connectivity index (χ0v) is 8.92. The van der Waals surface area contributed by atoms with E-state index in [0.717, 1.165) is 4.83 Å².